The maximum Gasteiger partial charge on any atom is 0.320 e. The Hall–Kier alpha value is -1.63. The maximum atomic E-state index is 12.3. The van der Waals surface area contributed by atoms with Gasteiger partial charge in [-0.25, -0.2) is 9.78 Å². The zero-order chi connectivity index (χ0) is 14.4. The summed E-state index contributed by atoms with van der Waals surface area (Å²) in [6, 6.07) is -0.503. The summed E-state index contributed by atoms with van der Waals surface area (Å²) in [6.07, 6.45) is -0.0515. The molecule has 1 rings (SSSR count). The summed E-state index contributed by atoms with van der Waals surface area (Å²) in [5.41, 5.74) is 2.56. The van der Waals surface area contributed by atoms with Crippen molar-refractivity contribution in [3.8, 4) is 0 Å². The largest absolute Gasteiger partial charge is 0.481 e. The number of carbonyl (C=O) groups is 2. The van der Waals surface area contributed by atoms with Gasteiger partial charge < -0.3 is 14.9 Å². The SMILES string of the molecule is CCN(C(=O)N(C)Cc1cscn1)C(C)CC(=O)O. The fourth-order valence-electron chi connectivity index (χ4n) is 1.84. The number of thiazole rings is 1. The van der Waals surface area contributed by atoms with Gasteiger partial charge in [-0.05, 0) is 13.8 Å². The lowest BCUT2D eigenvalue weighted by atomic mass is 10.2. The van der Waals surface area contributed by atoms with Gasteiger partial charge in [0.05, 0.1) is 24.2 Å². The quantitative estimate of drug-likeness (QED) is 0.866. The molecule has 0 saturated carbocycles. The fourth-order valence-corrected chi connectivity index (χ4v) is 2.39. The number of aliphatic carboxylic acids is 1. The van der Waals surface area contributed by atoms with Gasteiger partial charge in [-0.3, -0.25) is 4.79 Å². The molecule has 1 heterocycles. The molecule has 0 bridgehead atoms. The minimum absolute atomic E-state index is 0.0515. The highest BCUT2D eigenvalue weighted by Crippen LogP contribution is 2.10. The Labute approximate surface area is 116 Å². The van der Waals surface area contributed by atoms with E-state index in [4.69, 9.17) is 5.11 Å². The fraction of sp³-hybridized carbons (Fsp3) is 0.583. The lowest BCUT2D eigenvalue weighted by molar-refractivity contribution is -0.138. The molecule has 0 aliphatic rings. The van der Waals surface area contributed by atoms with Gasteiger partial charge in [0, 0.05) is 25.0 Å². The Kier molecular flexibility index (Phi) is 5.75. The van der Waals surface area contributed by atoms with Crippen molar-refractivity contribution in [3.05, 3.63) is 16.6 Å². The first-order chi connectivity index (χ1) is 8.95. The number of amides is 2. The van der Waals surface area contributed by atoms with Gasteiger partial charge in [0.15, 0.2) is 0 Å². The Morgan fingerprint density at radius 1 is 1.53 bits per heavy atom. The molecule has 1 aromatic heterocycles. The van der Waals surface area contributed by atoms with Crippen LogP contribution in [-0.4, -0.2) is 51.5 Å². The predicted molar refractivity (Wildman–Crippen MR) is 73.1 cm³/mol. The van der Waals surface area contributed by atoms with Crippen LogP contribution in [-0.2, 0) is 11.3 Å². The molecule has 2 amide bonds. The van der Waals surface area contributed by atoms with Crippen molar-refractivity contribution in [2.24, 2.45) is 0 Å². The van der Waals surface area contributed by atoms with Crippen LogP contribution >= 0.6 is 11.3 Å². The minimum atomic E-state index is -0.902. The average Bonchev–Trinajstić information content (AvgIpc) is 2.81. The topological polar surface area (TPSA) is 73.7 Å². The van der Waals surface area contributed by atoms with Gasteiger partial charge in [0.2, 0.25) is 0 Å². The number of hydrogen-bond donors (Lipinski definition) is 1. The van der Waals surface area contributed by atoms with Crippen LogP contribution in [0.2, 0.25) is 0 Å². The van der Waals surface area contributed by atoms with E-state index in [1.54, 1.807) is 29.3 Å². The molecule has 0 aliphatic heterocycles. The molecule has 0 fully saturated rings. The summed E-state index contributed by atoms with van der Waals surface area (Å²) in [4.78, 5) is 30.2. The predicted octanol–water partition coefficient (Wildman–Crippen LogP) is 1.88. The van der Waals surface area contributed by atoms with E-state index in [0.29, 0.717) is 13.1 Å². The van der Waals surface area contributed by atoms with Crippen LogP contribution in [0.4, 0.5) is 4.79 Å². The number of aromatic nitrogens is 1. The van der Waals surface area contributed by atoms with Gasteiger partial charge in [-0.1, -0.05) is 0 Å². The lowest BCUT2D eigenvalue weighted by Crippen LogP contribution is -2.46. The van der Waals surface area contributed by atoms with Crippen molar-refractivity contribution in [1.29, 1.82) is 0 Å². The van der Waals surface area contributed by atoms with Crippen molar-refractivity contribution >= 4 is 23.3 Å². The third-order valence-corrected chi connectivity index (χ3v) is 3.43. The van der Waals surface area contributed by atoms with Crippen molar-refractivity contribution in [3.63, 3.8) is 0 Å². The Bertz CT molecular complexity index is 422. The summed E-state index contributed by atoms with van der Waals surface area (Å²) in [5, 5.41) is 10.7. The van der Waals surface area contributed by atoms with Crippen molar-refractivity contribution in [2.75, 3.05) is 13.6 Å². The molecule has 1 atom stereocenters. The molecule has 1 unspecified atom stereocenters. The number of hydrogen-bond acceptors (Lipinski definition) is 4. The Morgan fingerprint density at radius 2 is 2.21 bits per heavy atom. The van der Waals surface area contributed by atoms with Crippen molar-refractivity contribution in [2.45, 2.75) is 32.9 Å². The van der Waals surface area contributed by atoms with E-state index >= 15 is 0 Å². The molecule has 19 heavy (non-hydrogen) atoms. The van der Waals surface area contributed by atoms with E-state index in [2.05, 4.69) is 4.98 Å². The van der Waals surface area contributed by atoms with Crippen LogP contribution < -0.4 is 0 Å². The first-order valence-electron chi connectivity index (χ1n) is 6.06. The van der Waals surface area contributed by atoms with Crippen LogP contribution in [0.5, 0.6) is 0 Å². The smallest absolute Gasteiger partial charge is 0.320 e. The lowest BCUT2D eigenvalue weighted by Gasteiger charge is -2.31. The highest BCUT2D eigenvalue weighted by Gasteiger charge is 2.23. The summed E-state index contributed by atoms with van der Waals surface area (Å²) in [5.74, 6) is -0.902. The molecule has 1 aromatic rings. The molecule has 1 N–H and O–H groups in total. The first kappa shape index (κ1) is 15.4. The molecule has 0 radical (unpaired) electrons. The third kappa shape index (κ3) is 4.51. The summed E-state index contributed by atoms with van der Waals surface area (Å²) in [6.45, 7) is 4.49. The van der Waals surface area contributed by atoms with Crippen LogP contribution in [0.3, 0.4) is 0 Å². The van der Waals surface area contributed by atoms with Crippen LogP contribution in [0.25, 0.3) is 0 Å². The monoisotopic (exact) mass is 285 g/mol. The second-order valence-electron chi connectivity index (χ2n) is 4.35. The van der Waals surface area contributed by atoms with Gasteiger partial charge >= 0.3 is 12.0 Å². The number of carbonyl (C=O) groups excluding carboxylic acids is 1. The normalized spacial score (nSPS) is 11.9. The average molecular weight is 285 g/mol. The number of carboxylic acids is 1. The molecular formula is C12H19N3O3S. The van der Waals surface area contributed by atoms with Gasteiger partial charge in [-0.15, -0.1) is 11.3 Å². The van der Waals surface area contributed by atoms with E-state index in [1.807, 2.05) is 12.3 Å². The number of nitrogens with zero attached hydrogens (tertiary/aromatic N) is 3. The van der Waals surface area contributed by atoms with Crippen molar-refractivity contribution in [1.82, 2.24) is 14.8 Å². The van der Waals surface area contributed by atoms with Crippen LogP contribution in [0, 0.1) is 0 Å². The first-order valence-corrected chi connectivity index (χ1v) is 7.00. The standard InChI is InChI=1S/C12H19N3O3S/c1-4-15(9(2)5-11(16)17)12(18)14(3)6-10-7-19-8-13-10/h7-9H,4-6H2,1-3H3,(H,16,17). The maximum absolute atomic E-state index is 12.3. The molecule has 106 valence electrons. The van der Waals surface area contributed by atoms with Gasteiger partial charge in [0.1, 0.15) is 0 Å². The zero-order valence-corrected chi connectivity index (χ0v) is 12.2. The number of rotatable bonds is 6. The van der Waals surface area contributed by atoms with Crippen LogP contribution in [0.1, 0.15) is 26.0 Å². The molecule has 6 nitrogen and oxygen atoms in total. The third-order valence-electron chi connectivity index (χ3n) is 2.80. The van der Waals surface area contributed by atoms with Gasteiger partial charge in [-0.2, -0.15) is 0 Å². The summed E-state index contributed by atoms with van der Waals surface area (Å²) < 4.78 is 0. The summed E-state index contributed by atoms with van der Waals surface area (Å²) in [7, 11) is 1.69. The second kappa shape index (κ2) is 7.08. The van der Waals surface area contributed by atoms with E-state index in [0.717, 1.165) is 5.69 Å². The Balaban J connectivity index is 2.64. The van der Waals surface area contributed by atoms with Gasteiger partial charge in [0.25, 0.3) is 0 Å². The zero-order valence-electron chi connectivity index (χ0n) is 11.4. The highest BCUT2D eigenvalue weighted by molar-refractivity contribution is 7.07. The highest BCUT2D eigenvalue weighted by atomic mass is 32.1. The van der Waals surface area contributed by atoms with E-state index in [1.165, 1.54) is 11.3 Å². The molecule has 0 saturated heterocycles. The van der Waals surface area contributed by atoms with E-state index in [9.17, 15) is 9.59 Å². The second-order valence-corrected chi connectivity index (χ2v) is 5.07. The molecule has 0 aromatic carbocycles. The molecular weight excluding hydrogens is 266 g/mol. The number of urea groups is 1. The molecule has 0 aliphatic carbocycles. The van der Waals surface area contributed by atoms with E-state index < -0.39 is 5.97 Å². The number of carboxylic acid groups (broad SMARTS) is 1. The van der Waals surface area contributed by atoms with Crippen LogP contribution in [0.15, 0.2) is 10.9 Å². The summed E-state index contributed by atoms with van der Waals surface area (Å²) >= 11 is 1.48. The minimum Gasteiger partial charge on any atom is -0.481 e. The van der Waals surface area contributed by atoms with Crippen molar-refractivity contribution < 1.29 is 14.7 Å². The molecule has 0 spiro atoms. The van der Waals surface area contributed by atoms with E-state index in [-0.39, 0.29) is 18.5 Å². The Morgan fingerprint density at radius 3 is 2.68 bits per heavy atom. The molecule has 7 heteroatoms.